The van der Waals surface area contributed by atoms with Crippen molar-refractivity contribution >= 4 is 30.1 Å². The maximum atomic E-state index is 12.8. The molecule has 0 radical (unpaired) electrons. The number of amides is 3. The Morgan fingerprint density at radius 1 is 1.15 bits per heavy atom. The zero-order chi connectivity index (χ0) is 18.0. The number of nitrogens with zero attached hydrogens (tertiary/aromatic N) is 2. The standard InChI is InChI=1S/C19H25N3O3.ClH/c1-20-10-11-21(2)17(23)13-8-9-15-16(12-13)19(25)22(18(15)24)14-6-4-3-5-7-14;/h8-9,12,14,20H,3-7,10-11H2,1-2H3;1H. The van der Waals surface area contributed by atoms with Gasteiger partial charge in [-0.25, -0.2) is 0 Å². The Morgan fingerprint density at radius 3 is 2.46 bits per heavy atom. The molecule has 2 aliphatic rings. The minimum absolute atomic E-state index is 0. The molecule has 1 aromatic carbocycles. The van der Waals surface area contributed by atoms with Gasteiger partial charge in [0.1, 0.15) is 0 Å². The molecule has 0 bridgehead atoms. The van der Waals surface area contributed by atoms with E-state index < -0.39 is 0 Å². The summed E-state index contributed by atoms with van der Waals surface area (Å²) in [6.07, 6.45) is 5.03. The molecule has 1 saturated carbocycles. The van der Waals surface area contributed by atoms with Gasteiger partial charge in [-0.1, -0.05) is 19.3 Å². The topological polar surface area (TPSA) is 69.7 Å². The van der Waals surface area contributed by atoms with E-state index in [1.807, 2.05) is 7.05 Å². The maximum absolute atomic E-state index is 12.8. The Balaban J connectivity index is 0.00000243. The molecule has 7 heteroatoms. The summed E-state index contributed by atoms with van der Waals surface area (Å²) in [5, 5.41) is 3.00. The van der Waals surface area contributed by atoms with E-state index in [4.69, 9.17) is 0 Å². The number of rotatable bonds is 5. The van der Waals surface area contributed by atoms with Crippen LogP contribution in [0.4, 0.5) is 0 Å². The molecule has 1 aliphatic carbocycles. The van der Waals surface area contributed by atoms with Crippen molar-refractivity contribution in [2.75, 3.05) is 27.2 Å². The third-order valence-electron chi connectivity index (χ3n) is 5.15. The summed E-state index contributed by atoms with van der Waals surface area (Å²) < 4.78 is 0. The summed E-state index contributed by atoms with van der Waals surface area (Å²) in [6, 6.07) is 4.85. The van der Waals surface area contributed by atoms with Crippen LogP contribution in [0.25, 0.3) is 0 Å². The molecule has 0 aromatic heterocycles. The van der Waals surface area contributed by atoms with Crippen molar-refractivity contribution in [1.82, 2.24) is 15.1 Å². The Labute approximate surface area is 160 Å². The molecule has 26 heavy (non-hydrogen) atoms. The lowest BCUT2D eigenvalue weighted by Gasteiger charge is -2.29. The maximum Gasteiger partial charge on any atom is 0.261 e. The first-order valence-corrected chi connectivity index (χ1v) is 8.96. The molecular formula is C19H26ClN3O3. The molecule has 1 aliphatic heterocycles. The number of hydrogen-bond donors (Lipinski definition) is 1. The van der Waals surface area contributed by atoms with E-state index in [-0.39, 0.29) is 36.2 Å². The molecule has 3 rings (SSSR count). The fourth-order valence-corrected chi connectivity index (χ4v) is 3.66. The molecule has 0 spiro atoms. The Bertz CT molecular complexity index is 701. The van der Waals surface area contributed by atoms with E-state index >= 15 is 0 Å². The van der Waals surface area contributed by atoms with Gasteiger partial charge in [0.25, 0.3) is 17.7 Å². The van der Waals surface area contributed by atoms with Gasteiger partial charge in [-0.05, 0) is 38.1 Å². The van der Waals surface area contributed by atoms with Crippen LogP contribution in [-0.2, 0) is 0 Å². The van der Waals surface area contributed by atoms with Crippen molar-refractivity contribution in [1.29, 1.82) is 0 Å². The first-order chi connectivity index (χ1) is 12.0. The van der Waals surface area contributed by atoms with Crippen molar-refractivity contribution in [2.24, 2.45) is 0 Å². The van der Waals surface area contributed by atoms with Gasteiger partial charge >= 0.3 is 0 Å². The minimum Gasteiger partial charge on any atom is -0.340 e. The van der Waals surface area contributed by atoms with Crippen LogP contribution in [0.1, 0.15) is 63.2 Å². The molecule has 0 atom stereocenters. The molecule has 1 aromatic rings. The van der Waals surface area contributed by atoms with Crippen LogP contribution >= 0.6 is 12.4 Å². The number of benzene rings is 1. The zero-order valence-electron chi connectivity index (χ0n) is 15.3. The molecular weight excluding hydrogens is 354 g/mol. The molecule has 1 fully saturated rings. The van der Waals surface area contributed by atoms with Crippen molar-refractivity contribution in [3.63, 3.8) is 0 Å². The number of nitrogens with one attached hydrogen (secondary N) is 1. The van der Waals surface area contributed by atoms with E-state index in [9.17, 15) is 14.4 Å². The van der Waals surface area contributed by atoms with E-state index in [1.54, 1.807) is 30.1 Å². The summed E-state index contributed by atoms with van der Waals surface area (Å²) in [5.74, 6) is -0.608. The van der Waals surface area contributed by atoms with Crippen molar-refractivity contribution < 1.29 is 14.4 Å². The number of halogens is 1. The summed E-state index contributed by atoms with van der Waals surface area (Å²) in [6.45, 7) is 1.27. The lowest BCUT2D eigenvalue weighted by molar-refractivity contribution is 0.0548. The number of hydrogen-bond acceptors (Lipinski definition) is 4. The zero-order valence-corrected chi connectivity index (χ0v) is 16.1. The van der Waals surface area contributed by atoms with E-state index in [0.29, 0.717) is 29.8 Å². The predicted molar refractivity (Wildman–Crippen MR) is 102 cm³/mol. The van der Waals surface area contributed by atoms with Crippen LogP contribution in [-0.4, -0.2) is 60.7 Å². The van der Waals surface area contributed by atoms with Crippen LogP contribution < -0.4 is 5.32 Å². The average Bonchev–Trinajstić information content (AvgIpc) is 2.90. The first kappa shape index (κ1) is 20.4. The molecule has 1 heterocycles. The highest BCUT2D eigenvalue weighted by molar-refractivity contribution is 6.22. The van der Waals surface area contributed by atoms with Crippen molar-refractivity contribution in [3.05, 3.63) is 34.9 Å². The van der Waals surface area contributed by atoms with Gasteiger partial charge in [-0.3, -0.25) is 19.3 Å². The lowest BCUT2D eigenvalue weighted by atomic mass is 9.94. The first-order valence-electron chi connectivity index (χ1n) is 8.96. The second-order valence-electron chi connectivity index (χ2n) is 6.86. The summed E-state index contributed by atoms with van der Waals surface area (Å²) in [7, 11) is 3.56. The van der Waals surface area contributed by atoms with Crippen molar-refractivity contribution in [2.45, 2.75) is 38.1 Å². The van der Waals surface area contributed by atoms with Gasteiger partial charge in [0.2, 0.25) is 0 Å². The van der Waals surface area contributed by atoms with Crippen LogP contribution in [0, 0.1) is 0 Å². The Hall–Kier alpha value is -1.92. The minimum atomic E-state index is -0.251. The van der Waals surface area contributed by atoms with Gasteiger partial charge in [0, 0.05) is 31.7 Å². The summed E-state index contributed by atoms with van der Waals surface area (Å²) >= 11 is 0. The summed E-state index contributed by atoms with van der Waals surface area (Å²) in [4.78, 5) is 41.0. The number of imide groups is 1. The average molecular weight is 380 g/mol. The number of carbonyl (C=O) groups is 3. The molecule has 142 valence electrons. The van der Waals surface area contributed by atoms with Gasteiger partial charge in [0.15, 0.2) is 0 Å². The Kier molecular flexibility index (Phi) is 6.78. The third kappa shape index (κ3) is 3.76. The smallest absolute Gasteiger partial charge is 0.261 e. The SMILES string of the molecule is CNCCN(C)C(=O)c1ccc2c(c1)C(=O)N(C1CCCCC1)C2=O.Cl. The largest absolute Gasteiger partial charge is 0.340 e. The van der Waals surface area contributed by atoms with E-state index in [0.717, 1.165) is 32.1 Å². The fourth-order valence-electron chi connectivity index (χ4n) is 3.66. The quantitative estimate of drug-likeness (QED) is 0.797. The van der Waals surface area contributed by atoms with Crippen molar-refractivity contribution in [3.8, 4) is 0 Å². The highest BCUT2D eigenvalue weighted by Gasteiger charge is 2.40. The lowest BCUT2D eigenvalue weighted by Crippen LogP contribution is -2.40. The number of likely N-dealkylation sites (N-methyl/N-ethyl adjacent to an activating group) is 2. The normalized spacial score (nSPS) is 17.1. The highest BCUT2D eigenvalue weighted by Crippen LogP contribution is 2.31. The van der Waals surface area contributed by atoms with Crippen LogP contribution in [0.2, 0.25) is 0 Å². The highest BCUT2D eigenvalue weighted by atomic mass is 35.5. The Morgan fingerprint density at radius 2 is 1.81 bits per heavy atom. The van der Waals surface area contributed by atoms with Gasteiger partial charge in [-0.2, -0.15) is 0 Å². The number of fused-ring (bicyclic) bond motifs is 1. The van der Waals surface area contributed by atoms with E-state index in [2.05, 4.69) is 5.32 Å². The molecule has 6 nitrogen and oxygen atoms in total. The summed E-state index contributed by atoms with van der Waals surface area (Å²) in [5.41, 5.74) is 1.23. The number of carbonyl (C=O) groups excluding carboxylic acids is 3. The predicted octanol–water partition coefficient (Wildman–Crippen LogP) is 2.33. The van der Waals surface area contributed by atoms with Crippen LogP contribution in [0.15, 0.2) is 18.2 Å². The van der Waals surface area contributed by atoms with Crippen LogP contribution in [0.5, 0.6) is 0 Å². The second kappa shape index (κ2) is 8.64. The molecule has 0 saturated heterocycles. The molecule has 0 unspecified atom stereocenters. The molecule has 1 N–H and O–H groups in total. The monoisotopic (exact) mass is 379 g/mol. The van der Waals surface area contributed by atoms with Gasteiger partial charge in [0.05, 0.1) is 11.1 Å². The fraction of sp³-hybridized carbons (Fsp3) is 0.526. The van der Waals surface area contributed by atoms with E-state index in [1.165, 1.54) is 4.90 Å². The third-order valence-corrected chi connectivity index (χ3v) is 5.15. The van der Waals surface area contributed by atoms with Gasteiger partial charge < -0.3 is 10.2 Å². The second-order valence-corrected chi connectivity index (χ2v) is 6.86. The van der Waals surface area contributed by atoms with Gasteiger partial charge in [-0.15, -0.1) is 12.4 Å². The van der Waals surface area contributed by atoms with Crippen LogP contribution in [0.3, 0.4) is 0 Å². The molecule has 3 amide bonds.